The minimum Gasteiger partial charge on any atom is -0.531 e. The van der Waals surface area contributed by atoms with Crippen molar-refractivity contribution in [3.05, 3.63) is 89.2 Å². The maximum atomic E-state index is 14.9. The molecular weight excluding hydrogens is 403 g/mol. The molecule has 0 aliphatic rings. The summed E-state index contributed by atoms with van der Waals surface area (Å²) in [5.74, 6) is -0.871. The van der Waals surface area contributed by atoms with Gasteiger partial charge in [-0.3, -0.25) is 4.79 Å². The maximum Gasteiger partial charge on any atom is 0.320 e. The lowest BCUT2D eigenvalue weighted by molar-refractivity contribution is 0.101. The van der Waals surface area contributed by atoms with Crippen LogP contribution in [0.3, 0.4) is 0 Å². The van der Waals surface area contributed by atoms with Crippen LogP contribution < -0.4 is 14.8 Å². The van der Waals surface area contributed by atoms with E-state index in [0.717, 1.165) is 10.4 Å². The summed E-state index contributed by atoms with van der Waals surface area (Å²) in [6, 6.07) is 22.4. The van der Waals surface area contributed by atoms with Crippen molar-refractivity contribution in [2.75, 3.05) is 0 Å². The van der Waals surface area contributed by atoms with Gasteiger partial charge in [0.2, 0.25) is 0 Å². The van der Waals surface area contributed by atoms with Crippen LogP contribution in [-0.2, 0) is 0 Å². The summed E-state index contributed by atoms with van der Waals surface area (Å²) in [5, 5.41) is 1.67. The summed E-state index contributed by atoms with van der Waals surface area (Å²) < 4.78 is 21.6. The molecule has 0 bridgehead atoms. The van der Waals surface area contributed by atoms with Crippen LogP contribution in [0.1, 0.15) is 38.1 Å². The Bertz CT molecular complexity index is 975. The first-order chi connectivity index (χ1) is 13.7. The number of hydrogen-bond acceptors (Lipinski definition) is 2. The molecule has 0 aromatic heterocycles. The first-order valence-corrected chi connectivity index (χ1v) is 11.8. The summed E-state index contributed by atoms with van der Waals surface area (Å²) in [4.78, 5) is 12.0. The zero-order chi connectivity index (χ0) is 21.2. The van der Waals surface area contributed by atoms with Gasteiger partial charge in [0.15, 0.2) is 17.3 Å². The Morgan fingerprint density at radius 3 is 1.79 bits per heavy atom. The van der Waals surface area contributed by atoms with Gasteiger partial charge in [-0.1, -0.05) is 93.0 Å². The molecule has 0 amide bonds. The number of hydrogen-bond donors (Lipinski definition) is 0. The molecule has 5 heteroatoms. The number of Topliss-reactive ketones (excluding diaryl/α,β-unsaturated/α-hetero) is 1. The number of carbonyl (C=O) groups is 1. The molecule has 0 fully saturated rings. The van der Waals surface area contributed by atoms with Crippen molar-refractivity contribution >= 4 is 36.1 Å². The van der Waals surface area contributed by atoms with E-state index in [4.69, 9.17) is 16.0 Å². The average molecular weight is 427 g/mol. The smallest absolute Gasteiger partial charge is 0.320 e. The van der Waals surface area contributed by atoms with Gasteiger partial charge in [-0.2, -0.15) is 0 Å². The number of benzene rings is 3. The molecule has 0 aliphatic heterocycles. The molecule has 3 rings (SSSR count). The van der Waals surface area contributed by atoms with Crippen molar-refractivity contribution in [2.24, 2.45) is 0 Å². The van der Waals surface area contributed by atoms with E-state index in [1.165, 1.54) is 19.1 Å². The Hall–Kier alpha value is -2.43. The fourth-order valence-corrected chi connectivity index (χ4v) is 8.53. The molecule has 0 aliphatic carbocycles. The normalized spacial score (nSPS) is 11.9. The Morgan fingerprint density at radius 1 is 0.897 bits per heavy atom. The summed E-state index contributed by atoms with van der Waals surface area (Å²) in [5.41, 5.74) is 0.251. The van der Waals surface area contributed by atoms with Gasteiger partial charge in [0.25, 0.3) is 0 Å². The van der Waals surface area contributed by atoms with Crippen LogP contribution >= 0.6 is 11.6 Å². The highest BCUT2D eigenvalue weighted by Gasteiger charge is 2.52. The average Bonchev–Trinajstić information content (AvgIpc) is 2.68. The summed E-state index contributed by atoms with van der Waals surface area (Å²) >= 11 is 6.48. The quantitative estimate of drug-likeness (QED) is 0.391. The Kier molecular flexibility index (Phi) is 5.97. The van der Waals surface area contributed by atoms with Crippen LogP contribution in [0.25, 0.3) is 0 Å². The maximum absolute atomic E-state index is 14.9. The van der Waals surface area contributed by atoms with Gasteiger partial charge in [-0.25, -0.2) is 4.39 Å². The van der Waals surface area contributed by atoms with Gasteiger partial charge >= 0.3 is 8.32 Å². The Balaban J connectivity index is 2.34. The molecule has 0 heterocycles. The summed E-state index contributed by atoms with van der Waals surface area (Å²) in [6.07, 6.45) is 0. The van der Waals surface area contributed by atoms with Gasteiger partial charge in [0.05, 0.1) is 5.02 Å². The molecule has 0 unspecified atom stereocenters. The van der Waals surface area contributed by atoms with E-state index < -0.39 is 14.1 Å². The summed E-state index contributed by atoms with van der Waals surface area (Å²) in [7, 11) is -3.05. The predicted octanol–water partition coefficient (Wildman–Crippen LogP) is 5.62. The first-order valence-electron chi connectivity index (χ1n) is 9.47. The second-order valence-electron chi connectivity index (χ2n) is 8.06. The molecule has 2 nitrogen and oxygen atoms in total. The lowest BCUT2D eigenvalue weighted by atomic mass is 10.1. The fraction of sp³-hybridized carbons (Fsp3) is 0.208. The standard InChI is InChI=1S/C24H24ClFO2Si/c1-17(27)20-15-16-21(26)23(22(20)25)28-29(24(2,3)4,18-11-7-5-8-12-18)19-13-9-6-10-14-19/h5-16H,1-4H3. The number of carbonyl (C=O) groups excluding carboxylic acids is 1. The Labute approximate surface area is 177 Å². The second kappa shape index (κ2) is 8.13. The van der Waals surface area contributed by atoms with E-state index in [1.807, 2.05) is 60.7 Å². The van der Waals surface area contributed by atoms with Gasteiger partial charge in [-0.15, -0.1) is 0 Å². The van der Waals surface area contributed by atoms with Gasteiger partial charge in [0, 0.05) is 5.56 Å². The zero-order valence-corrected chi connectivity index (χ0v) is 18.8. The molecule has 3 aromatic carbocycles. The number of rotatable bonds is 5. The van der Waals surface area contributed by atoms with Crippen molar-refractivity contribution in [1.82, 2.24) is 0 Å². The van der Waals surface area contributed by atoms with Crippen molar-refractivity contribution < 1.29 is 13.6 Å². The largest absolute Gasteiger partial charge is 0.531 e. The van der Waals surface area contributed by atoms with Crippen LogP contribution in [0.2, 0.25) is 10.1 Å². The molecule has 0 saturated carbocycles. The highest BCUT2D eigenvalue weighted by molar-refractivity contribution is 7.00. The van der Waals surface area contributed by atoms with Crippen LogP contribution in [0, 0.1) is 5.82 Å². The summed E-state index contributed by atoms with van der Waals surface area (Å²) in [6.45, 7) is 7.70. The molecule has 0 atom stereocenters. The molecular formula is C24H24ClFO2Si. The van der Waals surface area contributed by atoms with Crippen LogP contribution in [0.5, 0.6) is 5.75 Å². The topological polar surface area (TPSA) is 26.3 Å². The monoisotopic (exact) mass is 426 g/mol. The minimum atomic E-state index is -3.05. The van der Waals surface area contributed by atoms with Crippen LogP contribution in [0.15, 0.2) is 72.8 Å². The lowest BCUT2D eigenvalue weighted by Crippen LogP contribution is -2.69. The molecule has 3 aromatic rings. The van der Waals surface area contributed by atoms with Crippen molar-refractivity contribution in [3.63, 3.8) is 0 Å². The molecule has 29 heavy (non-hydrogen) atoms. The third-order valence-corrected chi connectivity index (χ3v) is 10.4. The predicted molar refractivity (Wildman–Crippen MR) is 120 cm³/mol. The van der Waals surface area contributed by atoms with Crippen molar-refractivity contribution in [2.45, 2.75) is 32.7 Å². The fourth-order valence-electron chi connectivity index (χ4n) is 3.70. The molecule has 0 N–H and O–H groups in total. The van der Waals surface area contributed by atoms with E-state index in [-0.39, 0.29) is 27.2 Å². The van der Waals surface area contributed by atoms with E-state index in [0.29, 0.717) is 0 Å². The van der Waals surface area contributed by atoms with Crippen LogP contribution in [0.4, 0.5) is 4.39 Å². The Morgan fingerprint density at radius 2 is 1.38 bits per heavy atom. The highest BCUT2D eigenvalue weighted by atomic mass is 35.5. The second-order valence-corrected chi connectivity index (χ2v) is 12.7. The molecule has 0 radical (unpaired) electrons. The first kappa shape index (κ1) is 21.3. The van der Waals surface area contributed by atoms with E-state index in [2.05, 4.69) is 20.8 Å². The molecule has 150 valence electrons. The van der Waals surface area contributed by atoms with Crippen LogP contribution in [-0.4, -0.2) is 14.1 Å². The van der Waals surface area contributed by atoms with Gasteiger partial charge in [0.1, 0.15) is 0 Å². The van der Waals surface area contributed by atoms with Gasteiger partial charge in [-0.05, 0) is 34.5 Å². The third kappa shape index (κ3) is 3.87. The van der Waals surface area contributed by atoms with E-state index >= 15 is 0 Å². The number of ketones is 1. The van der Waals surface area contributed by atoms with E-state index in [9.17, 15) is 9.18 Å². The van der Waals surface area contributed by atoms with Crippen molar-refractivity contribution in [3.8, 4) is 5.75 Å². The van der Waals surface area contributed by atoms with Gasteiger partial charge < -0.3 is 4.43 Å². The molecule has 0 spiro atoms. The zero-order valence-electron chi connectivity index (χ0n) is 17.0. The van der Waals surface area contributed by atoms with E-state index in [1.54, 1.807) is 0 Å². The highest BCUT2D eigenvalue weighted by Crippen LogP contribution is 2.41. The SMILES string of the molecule is CC(=O)c1ccc(F)c(O[Si](c2ccccc2)(c2ccccc2)C(C)(C)C)c1Cl. The van der Waals surface area contributed by atoms with Crippen molar-refractivity contribution in [1.29, 1.82) is 0 Å². The lowest BCUT2D eigenvalue weighted by Gasteiger charge is -2.43. The molecule has 0 saturated heterocycles. The minimum absolute atomic E-state index is 0.0190. The third-order valence-electron chi connectivity index (χ3n) is 5.10. The number of halogens is 2.